The molecule has 0 aromatic rings. The molecule has 0 aromatic carbocycles. The van der Waals surface area contributed by atoms with Crippen LogP contribution in [-0.4, -0.2) is 17.3 Å². The van der Waals surface area contributed by atoms with Gasteiger partial charge in [-0.25, -0.2) is 0 Å². The first-order valence-corrected chi connectivity index (χ1v) is 5.55. The van der Waals surface area contributed by atoms with Gasteiger partial charge in [0.2, 0.25) is 0 Å². The Hall–Kier alpha value is -0.570. The summed E-state index contributed by atoms with van der Waals surface area (Å²) < 4.78 is 0. The Morgan fingerprint density at radius 2 is 2.13 bits per heavy atom. The summed E-state index contributed by atoms with van der Waals surface area (Å²) in [6.07, 6.45) is 5.59. The molecule has 0 radical (unpaired) electrons. The van der Waals surface area contributed by atoms with Gasteiger partial charge in [-0.2, -0.15) is 0 Å². The van der Waals surface area contributed by atoms with E-state index in [0.29, 0.717) is 11.0 Å². The van der Waals surface area contributed by atoms with Crippen molar-refractivity contribution in [3.8, 4) is 0 Å². The number of hydrogen-bond donors (Lipinski definition) is 2. The van der Waals surface area contributed by atoms with E-state index < -0.39 is 0 Å². The molecule has 1 rings (SSSR count). The maximum absolute atomic E-state index is 9.53. The van der Waals surface area contributed by atoms with Crippen molar-refractivity contribution >= 4 is 11.6 Å². The van der Waals surface area contributed by atoms with Crippen molar-refractivity contribution in [2.24, 2.45) is 11.7 Å². The fourth-order valence-electron chi connectivity index (χ4n) is 2.05. The Morgan fingerprint density at radius 3 is 2.60 bits per heavy atom. The summed E-state index contributed by atoms with van der Waals surface area (Å²) in [6, 6.07) is -0.159. The van der Waals surface area contributed by atoms with Gasteiger partial charge in [-0.05, 0) is 30.8 Å². The summed E-state index contributed by atoms with van der Waals surface area (Å²) in [5, 5.41) is 10.1. The van der Waals surface area contributed by atoms with Crippen LogP contribution in [0.2, 0.25) is 0 Å². The van der Waals surface area contributed by atoms with Crippen LogP contribution in [-0.2, 0) is 0 Å². The summed E-state index contributed by atoms with van der Waals surface area (Å²) in [7, 11) is 0. The zero-order valence-corrected chi connectivity index (χ0v) is 9.58. The average molecular weight is 228 g/mol. The third kappa shape index (κ3) is 3.20. The van der Waals surface area contributed by atoms with Crippen molar-refractivity contribution in [1.82, 2.24) is 0 Å². The topological polar surface area (TPSA) is 46.2 Å². The van der Waals surface area contributed by atoms with Crippen molar-refractivity contribution in [1.29, 1.82) is 0 Å². The summed E-state index contributed by atoms with van der Waals surface area (Å²) >= 11 is 5.93. The summed E-state index contributed by atoms with van der Waals surface area (Å²) in [4.78, 5) is 0. The zero-order valence-electron chi connectivity index (χ0n) is 8.82. The molecule has 0 bridgehead atoms. The van der Waals surface area contributed by atoms with Gasteiger partial charge in [-0.15, -0.1) is 0 Å². The van der Waals surface area contributed by atoms with E-state index in [4.69, 9.17) is 17.3 Å². The van der Waals surface area contributed by atoms with Crippen LogP contribution in [0, 0.1) is 5.92 Å². The van der Waals surface area contributed by atoms with Crippen LogP contribution in [0.5, 0.6) is 0 Å². The summed E-state index contributed by atoms with van der Waals surface area (Å²) in [5.41, 5.74) is 6.82. The van der Waals surface area contributed by atoms with Gasteiger partial charge in [0.15, 0.2) is 0 Å². The third-order valence-corrected chi connectivity index (χ3v) is 3.13. The second-order valence-corrected chi connectivity index (χ2v) is 4.46. The molecule has 0 heterocycles. The molecular weight excluding hydrogens is 210 g/mol. The molecule has 1 fully saturated rings. The van der Waals surface area contributed by atoms with Gasteiger partial charge in [-0.3, -0.25) is 0 Å². The van der Waals surface area contributed by atoms with Crippen molar-refractivity contribution in [2.45, 2.75) is 31.4 Å². The lowest BCUT2D eigenvalue weighted by Gasteiger charge is -2.32. The Morgan fingerprint density at radius 1 is 1.47 bits per heavy atom. The molecule has 3 atom stereocenters. The lowest BCUT2D eigenvalue weighted by molar-refractivity contribution is 0.0942. The smallest absolute Gasteiger partial charge is 0.0691 e. The lowest BCUT2D eigenvalue weighted by Crippen LogP contribution is -2.40. The van der Waals surface area contributed by atoms with E-state index in [1.165, 1.54) is 0 Å². The highest BCUT2D eigenvalue weighted by Crippen LogP contribution is 2.33. The molecule has 2 nitrogen and oxygen atoms in total. The quantitative estimate of drug-likeness (QED) is 0.727. The summed E-state index contributed by atoms with van der Waals surface area (Å²) in [6.45, 7) is 7.39. The molecular formula is C12H18ClNO. The van der Waals surface area contributed by atoms with E-state index in [1.54, 1.807) is 6.08 Å². The van der Waals surface area contributed by atoms with Gasteiger partial charge in [0, 0.05) is 11.1 Å². The first-order valence-electron chi connectivity index (χ1n) is 5.17. The first-order chi connectivity index (χ1) is 7.06. The van der Waals surface area contributed by atoms with Gasteiger partial charge in [-0.1, -0.05) is 36.9 Å². The van der Waals surface area contributed by atoms with E-state index in [-0.39, 0.29) is 12.1 Å². The number of aliphatic hydroxyl groups excluding tert-OH is 1. The molecule has 15 heavy (non-hydrogen) atoms. The predicted molar refractivity (Wildman–Crippen MR) is 64.6 cm³/mol. The number of halogens is 1. The Bertz CT molecular complexity index is 285. The molecule has 1 aliphatic rings. The Balaban J connectivity index is 2.74. The number of hydrogen-bond acceptors (Lipinski definition) is 2. The highest BCUT2D eigenvalue weighted by molar-refractivity contribution is 6.31. The minimum atomic E-state index is -0.380. The van der Waals surface area contributed by atoms with E-state index in [1.807, 2.05) is 6.08 Å². The molecule has 0 aliphatic heterocycles. The molecule has 1 saturated carbocycles. The number of aliphatic hydroxyl groups is 1. The highest BCUT2D eigenvalue weighted by atomic mass is 35.5. The molecule has 3 heteroatoms. The maximum atomic E-state index is 9.53. The largest absolute Gasteiger partial charge is 0.392 e. The van der Waals surface area contributed by atoms with Crippen LogP contribution in [0.1, 0.15) is 19.3 Å². The Kier molecular flexibility index (Phi) is 4.58. The van der Waals surface area contributed by atoms with Gasteiger partial charge in [0.1, 0.15) is 0 Å². The molecule has 0 saturated heterocycles. The average Bonchev–Trinajstić information content (AvgIpc) is 2.18. The van der Waals surface area contributed by atoms with E-state index in [2.05, 4.69) is 13.2 Å². The SMILES string of the molecule is C=C/C=C(\C(=C)Cl)C1CCC(O)C(N)C1. The minimum Gasteiger partial charge on any atom is -0.392 e. The monoisotopic (exact) mass is 227 g/mol. The van der Waals surface area contributed by atoms with Crippen LogP contribution in [0.15, 0.2) is 35.9 Å². The van der Waals surface area contributed by atoms with Crippen molar-refractivity contribution in [2.75, 3.05) is 0 Å². The van der Waals surface area contributed by atoms with Crippen molar-refractivity contribution < 1.29 is 5.11 Å². The molecule has 84 valence electrons. The fraction of sp³-hybridized carbons (Fsp3) is 0.500. The molecule has 0 spiro atoms. The van der Waals surface area contributed by atoms with Crippen LogP contribution < -0.4 is 5.73 Å². The minimum absolute atomic E-state index is 0.159. The number of nitrogens with two attached hydrogens (primary N) is 1. The predicted octanol–water partition coefficient (Wildman–Crippen LogP) is 2.34. The highest BCUT2D eigenvalue weighted by Gasteiger charge is 2.28. The zero-order chi connectivity index (χ0) is 11.4. The van der Waals surface area contributed by atoms with Crippen LogP contribution in [0.25, 0.3) is 0 Å². The molecule has 0 aromatic heterocycles. The number of allylic oxidation sites excluding steroid dienone is 4. The fourth-order valence-corrected chi connectivity index (χ4v) is 2.26. The normalized spacial score (nSPS) is 32.5. The molecule has 3 N–H and O–H groups in total. The van der Waals surface area contributed by atoms with Gasteiger partial charge in [0.05, 0.1) is 6.10 Å². The molecule has 1 aliphatic carbocycles. The second-order valence-electron chi connectivity index (χ2n) is 4.00. The number of rotatable bonds is 3. The third-order valence-electron chi connectivity index (χ3n) is 2.91. The first kappa shape index (κ1) is 12.5. The summed E-state index contributed by atoms with van der Waals surface area (Å²) in [5.74, 6) is 0.298. The lowest BCUT2D eigenvalue weighted by atomic mass is 9.79. The standard InChI is InChI=1S/C12H18ClNO/c1-3-4-10(8(2)13)9-5-6-12(15)11(14)7-9/h3-4,9,11-12,15H,1-2,5-7,14H2/b10-4+. The molecule has 0 amide bonds. The van der Waals surface area contributed by atoms with Gasteiger partial charge < -0.3 is 10.8 Å². The van der Waals surface area contributed by atoms with E-state index in [0.717, 1.165) is 24.8 Å². The van der Waals surface area contributed by atoms with Crippen LogP contribution >= 0.6 is 11.6 Å². The Labute approximate surface area is 96.1 Å². The van der Waals surface area contributed by atoms with Crippen LogP contribution in [0.4, 0.5) is 0 Å². The van der Waals surface area contributed by atoms with Crippen molar-refractivity contribution in [3.05, 3.63) is 35.9 Å². The van der Waals surface area contributed by atoms with Gasteiger partial charge >= 0.3 is 0 Å². The molecule has 3 unspecified atom stereocenters. The second kappa shape index (κ2) is 5.50. The van der Waals surface area contributed by atoms with Crippen LogP contribution in [0.3, 0.4) is 0 Å². The van der Waals surface area contributed by atoms with Gasteiger partial charge in [0.25, 0.3) is 0 Å². The van der Waals surface area contributed by atoms with Crippen molar-refractivity contribution in [3.63, 3.8) is 0 Å². The maximum Gasteiger partial charge on any atom is 0.0691 e. The van der Waals surface area contributed by atoms with E-state index >= 15 is 0 Å². The van der Waals surface area contributed by atoms with E-state index in [9.17, 15) is 5.11 Å².